The van der Waals surface area contributed by atoms with Gasteiger partial charge in [-0.3, -0.25) is 4.79 Å². The van der Waals surface area contributed by atoms with Gasteiger partial charge in [-0.15, -0.1) is 0 Å². The minimum atomic E-state index is -0.736. The number of carbonyl (C=O) groups is 1. The summed E-state index contributed by atoms with van der Waals surface area (Å²) in [6.45, 7) is 2.15. The van der Waals surface area contributed by atoms with Crippen molar-refractivity contribution in [2.24, 2.45) is 11.7 Å². The predicted molar refractivity (Wildman–Crippen MR) is 74.6 cm³/mol. The van der Waals surface area contributed by atoms with Crippen LogP contribution in [0.1, 0.15) is 32.6 Å². The predicted octanol–water partition coefficient (Wildman–Crippen LogP) is 3.19. The molecule has 0 aliphatic heterocycles. The number of nitrogens with two attached hydrogens (primary N) is 1. The van der Waals surface area contributed by atoms with Crippen LogP contribution in [0.15, 0.2) is 24.3 Å². The van der Waals surface area contributed by atoms with Crippen LogP contribution in [0.3, 0.4) is 0 Å². The molecule has 1 aliphatic carbocycles. The van der Waals surface area contributed by atoms with E-state index in [1.807, 2.05) is 12.1 Å². The quantitative estimate of drug-likeness (QED) is 0.864. The number of benzene rings is 1. The molecule has 1 saturated carbocycles. The standard InChI is InChI=1S/C14H19ClN2O/c1-10-4-3-7-14(16,9-10)13(18)17-12-6-2-5-11(15)8-12/h2,5-6,8,10H,3-4,7,9,16H2,1H3,(H,17,18). The van der Waals surface area contributed by atoms with Gasteiger partial charge in [0.05, 0.1) is 5.54 Å². The van der Waals surface area contributed by atoms with Gasteiger partial charge in [-0.2, -0.15) is 0 Å². The van der Waals surface area contributed by atoms with E-state index in [1.165, 1.54) is 0 Å². The van der Waals surface area contributed by atoms with Crippen molar-refractivity contribution in [3.63, 3.8) is 0 Å². The first-order valence-corrected chi connectivity index (χ1v) is 6.73. The molecule has 1 amide bonds. The lowest BCUT2D eigenvalue weighted by molar-refractivity contribution is -0.122. The summed E-state index contributed by atoms with van der Waals surface area (Å²) in [5.74, 6) is 0.408. The van der Waals surface area contributed by atoms with Crippen LogP contribution in [0.5, 0.6) is 0 Å². The molecule has 0 saturated heterocycles. The van der Waals surface area contributed by atoms with Gasteiger partial charge in [0.2, 0.25) is 5.91 Å². The van der Waals surface area contributed by atoms with Crippen molar-refractivity contribution in [1.29, 1.82) is 0 Å². The lowest BCUT2D eigenvalue weighted by atomic mass is 9.76. The second-order valence-corrected chi connectivity index (χ2v) is 5.76. The minimum Gasteiger partial charge on any atom is -0.324 e. The Bertz CT molecular complexity index is 449. The maximum atomic E-state index is 12.3. The number of hydrogen-bond donors (Lipinski definition) is 2. The molecule has 2 atom stereocenters. The second kappa shape index (κ2) is 5.29. The molecule has 2 rings (SSSR count). The van der Waals surface area contributed by atoms with Crippen LogP contribution in [0.25, 0.3) is 0 Å². The van der Waals surface area contributed by atoms with Crippen molar-refractivity contribution in [3.8, 4) is 0 Å². The highest BCUT2D eigenvalue weighted by molar-refractivity contribution is 6.30. The summed E-state index contributed by atoms with van der Waals surface area (Å²) >= 11 is 5.89. The molecule has 0 bridgehead atoms. The summed E-state index contributed by atoms with van der Waals surface area (Å²) in [6, 6.07) is 7.14. The largest absolute Gasteiger partial charge is 0.324 e. The molecule has 1 fully saturated rings. The topological polar surface area (TPSA) is 55.1 Å². The van der Waals surface area contributed by atoms with E-state index >= 15 is 0 Å². The van der Waals surface area contributed by atoms with Crippen molar-refractivity contribution in [3.05, 3.63) is 29.3 Å². The molecule has 98 valence electrons. The molecular formula is C14H19ClN2O. The first-order valence-electron chi connectivity index (χ1n) is 6.35. The zero-order chi connectivity index (χ0) is 13.2. The zero-order valence-electron chi connectivity index (χ0n) is 10.6. The van der Waals surface area contributed by atoms with E-state index in [2.05, 4.69) is 12.2 Å². The number of amides is 1. The molecule has 4 heteroatoms. The normalized spacial score (nSPS) is 27.8. The monoisotopic (exact) mass is 266 g/mol. The Morgan fingerprint density at radius 3 is 3.00 bits per heavy atom. The Hall–Kier alpha value is -1.06. The Morgan fingerprint density at radius 1 is 1.56 bits per heavy atom. The van der Waals surface area contributed by atoms with E-state index in [0.29, 0.717) is 16.6 Å². The molecule has 1 aromatic rings. The highest BCUT2D eigenvalue weighted by atomic mass is 35.5. The maximum absolute atomic E-state index is 12.3. The summed E-state index contributed by atoms with van der Waals surface area (Å²) in [6.07, 6.45) is 3.67. The molecular weight excluding hydrogens is 248 g/mol. The fourth-order valence-corrected chi connectivity index (χ4v) is 2.81. The van der Waals surface area contributed by atoms with Gasteiger partial charge in [-0.25, -0.2) is 0 Å². The minimum absolute atomic E-state index is 0.101. The number of hydrogen-bond acceptors (Lipinski definition) is 2. The van der Waals surface area contributed by atoms with E-state index < -0.39 is 5.54 Å². The number of rotatable bonds is 2. The molecule has 0 aromatic heterocycles. The highest BCUT2D eigenvalue weighted by Gasteiger charge is 2.37. The lowest BCUT2D eigenvalue weighted by Gasteiger charge is -2.35. The van der Waals surface area contributed by atoms with Crippen LogP contribution in [0.4, 0.5) is 5.69 Å². The van der Waals surface area contributed by atoms with Crippen LogP contribution >= 0.6 is 11.6 Å². The number of anilines is 1. The fraction of sp³-hybridized carbons (Fsp3) is 0.500. The van der Waals surface area contributed by atoms with Gasteiger partial charge in [0.25, 0.3) is 0 Å². The van der Waals surface area contributed by atoms with Crippen LogP contribution in [0, 0.1) is 5.92 Å². The van der Waals surface area contributed by atoms with E-state index in [0.717, 1.165) is 25.7 Å². The van der Waals surface area contributed by atoms with E-state index in [1.54, 1.807) is 12.1 Å². The first-order chi connectivity index (χ1) is 8.49. The third-order valence-corrected chi connectivity index (χ3v) is 3.80. The first kappa shape index (κ1) is 13.4. The van der Waals surface area contributed by atoms with E-state index in [4.69, 9.17) is 17.3 Å². The zero-order valence-corrected chi connectivity index (χ0v) is 11.3. The lowest BCUT2D eigenvalue weighted by Crippen LogP contribution is -2.53. The molecule has 3 N–H and O–H groups in total. The van der Waals surface area contributed by atoms with Gasteiger partial charge < -0.3 is 11.1 Å². The van der Waals surface area contributed by atoms with Gasteiger partial charge >= 0.3 is 0 Å². The average molecular weight is 267 g/mol. The molecule has 2 unspecified atom stereocenters. The van der Waals surface area contributed by atoms with Gasteiger partial charge in [-0.1, -0.05) is 37.4 Å². The fourth-order valence-electron chi connectivity index (χ4n) is 2.62. The average Bonchev–Trinajstić information content (AvgIpc) is 2.28. The third kappa shape index (κ3) is 3.03. The van der Waals surface area contributed by atoms with Crippen molar-refractivity contribution in [2.45, 2.75) is 38.1 Å². The highest BCUT2D eigenvalue weighted by Crippen LogP contribution is 2.31. The van der Waals surface area contributed by atoms with Gasteiger partial charge in [0.15, 0.2) is 0 Å². The smallest absolute Gasteiger partial charge is 0.244 e. The molecule has 0 heterocycles. The Labute approximate surface area is 113 Å². The summed E-state index contributed by atoms with van der Waals surface area (Å²) in [4.78, 5) is 12.3. The summed E-state index contributed by atoms with van der Waals surface area (Å²) in [7, 11) is 0. The summed E-state index contributed by atoms with van der Waals surface area (Å²) in [5, 5.41) is 3.47. The molecule has 1 aromatic carbocycles. The van der Waals surface area contributed by atoms with Crippen molar-refractivity contribution in [2.75, 3.05) is 5.32 Å². The Kier molecular flexibility index (Phi) is 3.93. The summed E-state index contributed by atoms with van der Waals surface area (Å²) in [5.41, 5.74) is 6.20. The molecule has 18 heavy (non-hydrogen) atoms. The van der Waals surface area contributed by atoms with Gasteiger partial charge in [-0.05, 0) is 37.0 Å². The SMILES string of the molecule is CC1CCCC(N)(C(=O)Nc2cccc(Cl)c2)C1. The number of halogens is 1. The Balaban J connectivity index is 2.07. The second-order valence-electron chi connectivity index (χ2n) is 5.32. The summed E-state index contributed by atoms with van der Waals surface area (Å²) < 4.78 is 0. The van der Waals surface area contributed by atoms with E-state index in [-0.39, 0.29) is 5.91 Å². The molecule has 0 radical (unpaired) electrons. The van der Waals surface area contributed by atoms with E-state index in [9.17, 15) is 4.79 Å². The van der Waals surface area contributed by atoms with Crippen molar-refractivity contribution < 1.29 is 4.79 Å². The van der Waals surface area contributed by atoms with Crippen LogP contribution in [-0.2, 0) is 4.79 Å². The maximum Gasteiger partial charge on any atom is 0.244 e. The molecule has 3 nitrogen and oxygen atoms in total. The van der Waals surface area contributed by atoms with Crippen LogP contribution in [-0.4, -0.2) is 11.4 Å². The van der Waals surface area contributed by atoms with Crippen molar-refractivity contribution >= 4 is 23.2 Å². The third-order valence-electron chi connectivity index (χ3n) is 3.57. The van der Waals surface area contributed by atoms with Crippen molar-refractivity contribution in [1.82, 2.24) is 0 Å². The molecule has 0 spiro atoms. The van der Waals surface area contributed by atoms with Crippen LogP contribution < -0.4 is 11.1 Å². The van der Waals surface area contributed by atoms with Gasteiger partial charge in [0.1, 0.15) is 0 Å². The molecule has 1 aliphatic rings. The Morgan fingerprint density at radius 2 is 2.33 bits per heavy atom. The van der Waals surface area contributed by atoms with Crippen LogP contribution in [0.2, 0.25) is 5.02 Å². The van der Waals surface area contributed by atoms with Gasteiger partial charge in [0, 0.05) is 10.7 Å². The number of nitrogens with one attached hydrogen (secondary N) is 1. The number of carbonyl (C=O) groups excluding carboxylic acids is 1.